The van der Waals surface area contributed by atoms with Gasteiger partial charge in [0, 0.05) is 32.7 Å². The van der Waals surface area contributed by atoms with Crippen LogP contribution in [-0.4, -0.2) is 30.1 Å². The molecule has 0 aliphatic heterocycles. The summed E-state index contributed by atoms with van der Waals surface area (Å²) >= 11 is 3.55. The predicted molar refractivity (Wildman–Crippen MR) is 150 cm³/mol. The maximum Gasteiger partial charge on any atom is 0.255 e. The molecular formula is C29H23BrN4O3. The minimum atomic E-state index is -0.256. The van der Waals surface area contributed by atoms with Gasteiger partial charge in [-0.1, -0.05) is 46.3 Å². The van der Waals surface area contributed by atoms with Gasteiger partial charge in [0.15, 0.2) is 0 Å². The molecule has 0 aliphatic rings. The molecule has 7 nitrogen and oxygen atoms in total. The van der Waals surface area contributed by atoms with E-state index in [2.05, 4.69) is 26.6 Å². The number of anilines is 3. The highest BCUT2D eigenvalue weighted by molar-refractivity contribution is 9.10. The Labute approximate surface area is 222 Å². The third-order valence-corrected chi connectivity index (χ3v) is 6.26. The Kier molecular flexibility index (Phi) is 7.00. The average molecular weight is 555 g/mol. The number of hydrogen-bond acceptors (Lipinski definition) is 6. The van der Waals surface area contributed by atoms with Gasteiger partial charge in [-0.05, 0) is 54.6 Å². The summed E-state index contributed by atoms with van der Waals surface area (Å²) in [6.45, 7) is 0. The molecule has 37 heavy (non-hydrogen) atoms. The second-order valence-electron chi connectivity index (χ2n) is 8.15. The number of nitrogens with one attached hydrogen (secondary N) is 2. The van der Waals surface area contributed by atoms with Crippen LogP contribution >= 0.6 is 15.9 Å². The number of amides is 1. The summed E-state index contributed by atoms with van der Waals surface area (Å²) < 4.78 is 11.5. The highest BCUT2D eigenvalue weighted by Gasteiger charge is 2.13. The number of rotatable bonds is 7. The van der Waals surface area contributed by atoms with Crippen LogP contribution in [0.2, 0.25) is 0 Å². The molecular weight excluding hydrogens is 532 g/mol. The van der Waals surface area contributed by atoms with Crippen molar-refractivity contribution in [2.75, 3.05) is 24.9 Å². The quantitative estimate of drug-likeness (QED) is 0.223. The lowest BCUT2D eigenvalue weighted by atomic mass is 10.1. The Morgan fingerprint density at radius 3 is 2.35 bits per heavy atom. The largest absolute Gasteiger partial charge is 0.497 e. The number of nitrogens with zero attached hydrogens (tertiary/aromatic N) is 2. The maximum atomic E-state index is 12.8. The van der Waals surface area contributed by atoms with Gasteiger partial charge in [-0.3, -0.25) is 4.79 Å². The van der Waals surface area contributed by atoms with E-state index in [9.17, 15) is 4.79 Å². The topological polar surface area (TPSA) is 85.4 Å². The van der Waals surface area contributed by atoms with Crippen molar-refractivity contribution in [2.24, 2.45) is 0 Å². The zero-order chi connectivity index (χ0) is 25.8. The van der Waals surface area contributed by atoms with Crippen molar-refractivity contribution in [3.05, 3.63) is 101 Å². The van der Waals surface area contributed by atoms with Crippen LogP contribution in [0, 0.1) is 0 Å². The first-order valence-corrected chi connectivity index (χ1v) is 12.3. The third kappa shape index (κ3) is 5.39. The molecule has 1 aromatic heterocycles. The standard InChI is InChI=1S/C29H23BrN4O3/c1-36-22-13-15-25(26(17-22)37-2)32-28(35)19-8-11-21(12-9-19)31-29-33-24-14-10-20(30)16-23(24)27(34-29)18-6-4-3-5-7-18/h3-17H,1-2H3,(H,32,35)(H,31,33,34). The molecule has 1 heterocycles. The normalized spacial score (nSPS) is 10.7. The summed E-state index contributed by atoms with van der Waals surface area (Å²) in [5.74, 6) is 1.37. The van der Waals surface area contributed by atoms with Gasteiger partial charge in [-0.15, -0.1) is 0 Å². The predicted octanol–water partition coefficient (Wildman–Crippen LogP) is 7.07. The molecule has 0 aliphatic carbocycles. The second kappa shape index (κ2) is 10.7. The van der Waals surface area contributed by atoms with E-state index in [1.807, 2.05) is 60.7 Å². The molecule has 8 heteroatoms. The highest BCUT2D eigenvalue weighted by Crippen LogP contribution is 2.31. The number of carbonyl (C=O) groups excluding carboxylic acids is 1. The van der Waals surface area contributed by atoms with E-state index in [0.29, 0.717) is 28.7 Å². The molecule has 5 rings (SSSR count). The zero-order valence-electron chi connectivity index (χ0n) is 20.2. The van der Waals surface area contributed by atoms with Gasteiger partial charge >= 0.3 is 0 Å². The Morgan fingerprint density at radius 1 is 0.838 bits per heavy atom. The fraction of sp³-hybridized carbons (Fsp3) is 0.0690. The van der Waals surface area contributed by atoms with Crippen LogP contribution in [0.25, 0.3) is 22.2 Å². The van der Waals surface area contributed by atoms with Crippen LogP contribution < -0.4 is 20.1 Å². The number of halogens is 1. The van der Waals surface area contributed by atoms with Crippen molar-refractivity contribution in [1.82, 2.24) is 9.97 Å². The number of methoxy groups -OCH3 is 2. The number of benzene rings is 4. The summed E-state index contributed by atoms with van der Waals surface area (Å²) in [6, 6.07) is 28.3. The SMILES string of the molecule is COc1ccc(NC(=O)c2ccc(Nc3nc(-c4ccccc4)c4cc(Br)ccc4n3)cc2)c(OC)c1. The number of fused-ring (bicyclic) bond motifs is 1. The molecule has 184 valence electrons. The molecule has 0 bridgehead atoms. The van der Waals surface area contributed by atoms with Crippen molar-refractivity contribution in [2.45, 2.75) is 0 Å². The highest BCUT2D eigenvalue weighted by atomic mass is 79.9. The van der Waals surface area contributed by atoms with Gasteiger partial charge in [0.25, 0.3) is 5.91 Å². The van der Waals surface area contributed by atoms with Gasteiger partial charge in [-0.25, -0.2) is 9.97 Å². The number of ether oxygens (including phenoxy) is 2. The molecule has 0 atom stereocenters. The van der Waals surface area contributed by atoms with Crippen molar-refractivity contribution in [1.29, 1.82) is 0 Å². The molecule has 1 amide bonds. The van der Waals surface area contributed by atoms with Crippen molar-refractivity contribution < 1.29 is 14.3 Å². The third-order valence-electron chi connectivity index (χ3n) is 5.77. The fourth-order valence-electron chi connectivity index (χ4n) is 3.90. The van der Waals surface area contributed by atoms with Crippen molar-refractivity contribution in [3.8, 4) is 22.8 Å². The number of hydrogen-bond donors (Lipinski definition) is 2. The lowest BCUT2D eigenvalue weighted by Crippen LogP contribution is -2.12. The minimum absolute atomic E-state index is 0.256. The minimum Gasteiger partial charge on any atom is -0.497 e. The molecule has 0 spiro atoms. The average Bonchev–Trinajstić information content (AvgIpc) is 2.94. The maximum absolute atomic E-state index is 12.8. The number of carbonyl (C=O) groups is 1. The van der Waals surface area contributed by atoms with E-state index in [1.165, 1.54) is 0 Å². The molecule has 4 aromatic carbocycles. The van der Waals surface area contributed by atoms with Gasteiger partial charge in [0.2, 0.25) is 5.95 Å². The Bertz CT molecular complexity index is 1570. The summed E-state index contributed by atoms with van der Waals surface area (Å²) in [5.41, 5.74) is 4.46. The summed E-state index contributed by atoms with van der Waals surface area (Å²) in [5, 5.41) is 7.10. The van der Waals surface area contributed by atoms with Crippen LogP contribution in [0.15, 0.2) is 95.5 Å². The van der Waals surface area contributed by atoms with Crippen LogP contribution in [0.4, 0.5) is 17.3 Å². The first-order chi connectivity index (χ1) is 18.0. The van der Waals surface area contributed by atoms with E-state index < -0.39 is 0 Å². The van der Waals surface area contributed by atoms with E-state index in [1.54, 1.807) is 44.6 Å². The van der Waals surface area contributed by atoms with Gasteiger partial charge in [0.1, 0.15) is 11.5 Å². The Balaban J connectivity index is 1.38. The van der Waals surface area contributed by atoms with Crippen molar-refractivity contribution in [3.63, 3.8) is 0 Å². The summed E-state index contributed by atoms with van der Waals surface area (Å²) in [4.78, 5) is 22.3. The molecule has 5 aromatic rings. The zero-order valence-corrected chi connectivity index (χ0v) is 21.7. The van der Waals surface area contributed by atoms with Gasteiger partial charge < -0.3 is 20.1 Å². The number of aromatic nitrogens is 2. The van der Waals surface area contributed by atoms with E-state index >= 15 is 0 Å². The first kappa shape index (κ1) is 24.3. The lowest BCUT2D eigenvalue weighted by molar-refractivity contribution is 0.102. The molecule has 0 saturated heterocycles. The lowest BCUT2D eigenvalue weighted by Gasteiger charge is -2.13. The van der Waals surface area contributed by atoms with Crippen molar-refractivity contribution >= 4 is 50.1 Å². The second-order valence-corrected chi connectivity index (χ2v) is 9.06. The molecule has 2 N–H and O–H groups in total. The van der Waals surface area contributed by atoms with Crippen LogP contribution in [-0.2, 0) is 0 Å². The summed E-state index contributed by atoms with van der Waals surface area (Å²) in [6.07, 6.45) is 0. The molecule has 0 radical (unpaired) electrons. The van der Waals surface area contributed by atoms with E-state index in [0.717, 1.165) is 32.3 Å². The first-order valence-electron chi connectivity index (χ1n) is 11.5. The van der Waals surface area contributed by atoms with Crippen LogP contribution in [0.5, 0.6) is 11.5 Å². The van der Waals surface area contributed by atoms with Crippen LogP contribution in [0.3, 0.4) is 0 Å². The van der Waals surface area contributed by atoms with Gasteiger partial charge in [-0.2, -0.15) is 0 Å². The Morgan fingerprint density at radius 2 is 1.62 bits per heavy atom. The fourth-order valence-corrected chi connectivity index (χ4v) is 4.26. The van der Waals surface area contributed by atoms with E-state index in [4.69, 9.17) is 19.4 Å². The Hall–Kier alpha value is -4.43. The van der Waals surface area contributed by atoms with Crippen LogP contribution in [0.1, 0.15) is 10.4 Å². The molecule has 0 unspecified atom stereocenters. The van der Waals surface area contributed by atoms with E-state index in [-0.39, 0.29) is 5.91 Å². The molecule has 0 saturated carbocycles. The van der Waals surface area contributed by atoms with Gasteiger partial charge in [0.05, 0.1) is 31.1 Å². The monoisotopic (exact) mass is 554 g/mol. The molecule has 0 fully saturated rings. The summed E-state index contributed by atoms with van der Waals surface area (Å²) in [7, 11) is 3.12. The smallest absolute Gasteiger partial charge is 0.255 e.